The first-order valence-corrected chi connectivity index (χ1v) is 7.37. The van der Waals surface area contributed by atoms with Crippen LogP contribution in [0.5, 0.6) is 0 Å². The molecule has 0 aliphatic heterocycles. The summed E-state index contributed by atoms with van der Waals surface area (Å²) in [6.07, 6.45) is 7.27. The summed E-state index contributed by atoms with van der Waals surface area (Å²) >= 11 is 0. The summed E-state index contributed by atoms with van der Waals surface area (Å²) in [5.74, 6) is 0.591. The van der Waals surface area contributed by atoms with Crippen LogP contribution in [0.25, 0.3) is 0 Å². The lowest BCUT2D eigenvalue weighted by molar-refractivity contribution is 0.202. The molecule has 0 unspecified atom stereocenters. The Bertz CT molecular complexity index is 500. The molecule has 0 aromatic heterocycles. The van der Waals surface area contributed by atoms with Gasteiger partial charge in [-0.3, -0.25) is 0 Å². The SMILES string of the molecule is C[C@@]12CCCCC[C@@H](Cc3ccc(N=O)cc31)[C@@H]2N. The fraction of sp³-hybridized carbons (Fsp3) is 0.625. The molecule has 2 N–H and O–H groups in total. The summed E-state index contributed by atoms with van der Waals surface area (Å²) in [5, 5.41) is 3.09. The smallest absolute Gasteiger partial charge is 0.108 e. The Morgan fingerprint density at radius 3 is 2.95 bits per heavy atom. The van der Waals surface area contributed by atoms with E-state index in [2.05, 4.69) is 18.2 Å². The summed E-state index contributed by atoms with van der Waals surface area (Å²) in [4.78, 5) is 10.8. The molecule has 1 fully saturated rings. The molecule has 19 heavy (non-hydrogen) atoms. The third kappa shape index (κ3) is 2.00. The number of hydrogen-bond acceptors (Lipinski definition) is 3. The average Bonchev–Trinajstić information content (AvgIpc) is 2.43. The normalized spacial score (nSPS) is 34.0. The summed E-state index contributed by atoms with van der Waals surface area (Å²) < 4.78 is 0. The van der Waals surface area contributed by atoms with E-state index in [0.29, 0.717) is 11.6 Å². The fourth-order valence-corrected chi connectivity index (χ4v) is 4.10. The molecule has 1 aromatic rings. The van der Waals surface area contributed by atoms with E-state index in [-0.39, 0.29) is 11.5 Å². The largest absolute Gasteiger partial charge is 0.327 e. The van der Waals surface area contributed by atoms with Crippen molar-refractivity contribution in [2.24, 2.45) is 16.8 Å². The van der Waals surface area contributed by atoms with Crippen LogP contribution in [0, 0.1) is 10.8 Å². The van der Waals surface area contributed by atoms with Crippen LogP contribution >= 0.6 is 0 Å². The Balaban J connectivity index is 2.12. The minimum Gasteiger partial charge on any atom is -0.327 e. The molecule has 2 aliphatic carbocycles. The van der Waals surface area contributed by atoms with Gasteiger partial charge in [0.2, 0.25) is 0 Å². The fourth-order valence-electron chi connectivity index (χ4n) is 4.10. The van der Waals surface area contributed by atoms with Gasteiger partial charge in [-0.25, -0.2) is 0 Å². The van der Waals surface area contributed by atoms with Gasteiger partial charge in [0.15, 0.2) is 0 Å². The molecule has 2 aliphatic rings. The van der Waals surface area contributed by atoms with Gasteiger partial charge in [0, 0.05) is 11.5 Å². The van der Waals surface area contributed by atoms with Gasteiger partial charge in [0.1, 0.15) is 5.69 Å². The van der Waals surface area contributed by atoms with E-state index in [0.717, 1.165) is 12.8 Å². The van der Waals surface area contributed by atoms with Crippen LogP contribution in [-0.4, -0.2) is 6.04 Å². The van der Waals surface area contributed by atoms with Crippen molar-refractivity contribution in [1.82, 2.24) is 0 Å². The molecule has 1 saturated carbocycles. The van der Waals surface area contributed by atoms with Crippen LogP contribution in [0.3, 0.4) is 0 Å². The standard InChI is InChI=1S/C16H22N2O/c1-16-8-4-2-3-5-12(15(16)17)9-11-6-7-13(18-19)10-14(11)16/h6-7,10,12,15H,2-5,8-9,17H2,1H3/t12-,15-,16+/m0/s1. The van der Waals surface area contributed by atoms with Crippen molar-refractivity contribution in [3.05, 3.63) is 34.2 Å². The summed E-state index contributed by atoms with van der Waals surface area (Å²) in [7, 11) is 0. The van der Waals surface area contributed by atoms with Gasteiger partial charge in [-0.15, -0.1) is 4.91 Å². The Morgan fingerprint density at radius 2 is 2.16 bits per heavy atom. The number of fused-ring (bicyclic) bond motifs is 4. The molecule has 3 atom stereocenters. The van der Waals surface area contributed by atoms with Crippen LogP contribution in [0.1, 0.15) is 50.2 Å². The van der Waals surface area contributed by atoms with Crippen molar-refractivity contribution in [3.63, 3.8) is 0 Å². The first kappa shape index (κ1) is 12.8. The number of nitroso groups, excluding NO2 is 1. The summed E-state index contributed by atoms with van der Waals surface area (Å²) in [5.41, 5.74) is 9.79. The second-order valence-electron chi connectivity index (χ2n) is 6.44. The van der Waals surface area contributed by atoms with E-state index in [1.807, 2.05) is 12.1 Å². The molecule has 1 aromatic carbocycles. The van der Waals surface area contributed by atoms with Crippen LogP contribution in [-0.2, 0) is 11.8 Å². The van der Waals surface area contributed by atoms with Crippen LogP contribution in [0.15, 0.2) is 23.4 Å². The number of benzene rings is 1. The maximum absolute atomic E-state index is 10.8. The van der Waals surface area contributed by atoms with Crippen LogP contribution in [0.2, 0.25) is 0 Å². The molecule has 3 heteroatoms. The second-order valence-corrected chi connectivity index (χ2v) is 6.44. The van der Waals surface area contributed by atoms with E-state index in [9.17, 15) is 4.91 Å². The topological polar surface area (TPSA) is 55.5 Å². The number of nitrogens with zero attached hydrogens (tertiary/aromatic N) is 1. The van der Waals surface area contributed by atoms with Gasteiger partial charge >= 0.3 is 0 Å². The average molecular weight is 258 g/mol. The Morgan fingerprint density at radius 1 is 1.32 bits per heavy atom. The van der Waals surface area contributed by atoms with Gasteiger partial charge in [-0.05, 0) is 53.6 Å². The highest BCUT2D eigenvalue weighted by atomic mass is 16.3. The summed E-state index contributed by atoms with van der Waals surface area (Å²) in [6, 6.07) is 6.11. The van der Waals surface area contributed by atoms with E-state index >= 15 is 0 Å². The van der Waals surface area contributed by atoms with E-state index in [1.165, 1.54) is 36.8 Å². The van der Waals surface area contributed by atoms with Gasteiger partial charge in [-0.2, -0.15) is 0 Å². The molecule has 0 heterocycles. The third-order valence-corrected chi connectivity index (χ3v) is 5.31. The van der Waals surface area contributed by atoms with Crippen LogP contribution < -0.4 is 5.73 Å². The van der Waals surface area contributed by atoms with Gasteiger partial charge in [0.05, 0.1) is 0 Å². The molecule has 0 amide bonds. The van der Waals surface area contributed by atoms with E-state index in [4.69, 9.17) is 5.73 Å². The third-order valence-electron chi connectivity index (χ3n) is 5.31. The first-order chi connectivity index (χ1) is 9.15. The molecular formula is C16H22N2O. The minimum absolute atomic E-state index is 0.0133. The first-order valence-electron chi connectivity index (χ1n) is 7.37. The molecule has 3 nitrogen and oxygen atoms in total. The molecule has 0 radical (unpaired) electrons. The Kier molecular flexibility index (Phi) is 3.17. The monoisotopic (exact) mass is 258 g/mol. The van der Waals surface area contributed by atoms with E-state index < -0.39 is 0 Å². The summed E-state index contributed by atoms with van der Waals surface area (Å²) in [6.45, 7) is 2.28. The lowest BCUT2D eigenvalue weighted by Crippen LogP contribution is -2.52. The quantitative estimate of drug-likeness (QED) is 0.779. The number of rotatable bonds is 1. The van der Waals surface area contributed by atoms with Crippen molar-refractivity contribution in [1.29, 1.82) is 0 Å². The highest BCUT2D eigenvalue weighted by molar-refractivity contribution is 5.49. The highest BCUT2D eigenvalue weighted by Crippen LogP contribution is 2.46. The number of hydrogen-bond donors (Lipinski definition) is 1. The van der Waals surface area contributed by atoms with Gasteiger partial charge in [0.25, 0.3) is 0 Å². The molecule has 102 valence electrons. The zero-order valence-electron chi connectivity index (χ0n) is 11.6. The zero-order valence-corrected chi connectivity index (χ0v) is 11.6. The van der Waals surface area contributed by atoms with Crippen molar-refractivity contribution >= 4 is 5.69 Å². The van der Waals surface area contributed by atoms with Crippen molar-refractivity contribution in [2.45, 2.75) is 56.9 Å². The lowest BCUT2D eigenvalue weighted by atomic mass is 9.60. The lowest BCUT2D eigenvalue weighted by Gasteiger charge is -2.47. The van der Waals surface area contributed by atoms with Crippen molar-refractivity contribution in [3.8, 4) is 0 Å². The highest BCUT2D eigenvalue weighted by Gasteiger charge is 2.43. The van der Waals surface area contributed by atoms with Gasteiger partial charge < -0.3 is 5.73 Å². The predicted molar refractivity (Wildman–Crippen MR) is 77.5 cm³/mol. The number of nitrogens with two attached hydrogens (primary N) is 1. The maximum atomic E-state index is 10.8. The van der Waals surface area contributed by atoms with Crippen LogP contribution in [0.4, 0.5) is 5.69 Å². The molecule has 2 bridgehead atoms. The van der Waals surface area contributed by atoms with Crippen molar-refractivity contribution < 1.29 is 0 Å². The molecule has 3 rings (SSSR count). The zero-order chi connectivity index (χ0) is 13.5. The van der Waals surface area contributed by atoms with Crippen molar-refractivity contribution in [2.75, 3.05) is 0 Å². The predicted octanol–water partition coefficient (Wildman–Crippen LogP) is 3.81. The Labute approximate surface area is 114 Å². The second kappa shape index (κ2) is 4.71. The Hall–Kier alpha value is -1.22. The minimum atomic E-state index is 0.0133. The molecule has 0 saturated heterocycles. The molecule has 0 spiro atoms. The van der Waals surface area contributed by atoms with Gasteiger partial charge in [-0.1, -0.05) is 32.3 Å². The maximum Gasteiger partial charge on any atom is 0.108 e. The van der Waals surface area contributed by atoms with E-state index in [1.54, 1.807) is 0 Å². The molecular weight excluding hydrogens is 236 g/mol.